The van der Waals surface area contributed by atoms with E-state index in [9.17, 15) is 10.1 Å². The van der Waals surface area contributed by atoms with Crippen LogP contribution in [0.2, 0.25) is 0 Å². The minimum absolute atomic E-state index is 0.0596. The molecule has 0 fully saturated rings. The summed E-state index contributed by atoms with van der Waals surface area (Å²) in [6.45, 7) is 1.22. The maximum Gasteiger partial charge on any atom is 0.259 e. The summed E-state index contributed by atoms with van der Waals surface area (Å²) in [5.41, 5.74) is 1.32. The van der Waals surface area contributed by atoms with Crippen LogP contribution in [0, 0.1) is 15.5 Å². The summed E-state index contributed by atoms with van der Waals surface area (Å²) in [5, 5.41) is 20.1. The Hall–Kier alpha value is -1.12. The first-order valence-electron chi connectivity index (χ1n) is 6.57. The molecule has 0 unspecified atom stereocenters. The van der Waals surface area contributed by atoms with Crippen LogP contribution in [0.3, 0.4) is 0 Å². The smallest absolute Gasteiger partial charge is 0.259 e. The Balaban J connectivity index is 2.23. The molecular formula is C13H22N4O2S2. The van der Waals surface area contributed by atoms with Gasteiger partial charge < -0.3 is 9.80 Å². The fourth-order valence-electron chi connectivity index (χ4n) is 1.67. The third-order valence-electron chi connectivity index (χ3n) is 2.76. The topological polar surface area (TPSA) is 73.5 Å². The lowest BCUT2D eigenvalue weighted by atomic mass is 10.3. The van der Waals surface area contributed by atoms with Gasteiger partial charge in [0.15, 0.2) is 5.84 Å². The van der Waals surface area contributed by atoms with Crippen LogP contribution in [0.15, 0.2) is 11.4 Å². The Morgan fingerprint density at radius 2 is 2.19 bits per heavy atom. The van der Waals surface area contributed by atoms with E-state index in [2.05, 4.69) is 30.4 Å². The fraction of sp³-hybridized carbons (Fsp3) is 0.615. The molecule has 0 aliphatic rings. The van der Waals surface area contributed by atoms with Gasteiger partial charge in [-0.25, -0.2) is 0 Å². The predicted octanol–water partition coefficient (Wildman–Crippen LogP) is 2.23. The minimum atomic E-state index is -0.469. The zero-order valence-corrected chi connectivity index (χ0v) is 14.3. The number of amidine groups is 1. The van der Waals surface area contributed by atoms with Crippen molar-refractivity contribution in [3.63, 3.8) is 0 Å². The molecule has 1 N–H and O–H groups in total. The van der Waals surface area contributed by atoms with Gasteiger partial charge in [0.2, 0.25) is 0 Å². The summed E-state index contributed by atoms with van der Waals surface area (Å²) in [6.07, 6.45) is 0. The highest BCUT2D eigenvalue weighted by molar-refractivity contribution is 7.98. The molecule has 0 aromatic carbocycles. The molecule has 118 valence electrons. The van der Waals surface area contributed by atoms with Crippen LogP contribution >= 0.6 is 23.1 Å². The van der Waals surface area contributed by atoms with Gasteiger partial charge in [0, 0.05) is 41.4 Å². The molecule has 1 rings (SSSR count). The Labute approximate surface area is 133 Å². The zero-order chi connectivity index (χ0) is 15.8. The fourth-order valence-corrected chi connectivity index (χ4v) is 3.73. The third kappa shape index (κ3) is 7.45. The van der Waals surface area contributed by atoms with Crippen LogP contribution in [0.1, 0.15) is 10.4 Å². The Morgan fingerprint density at radius 1 is 1.48 bits per heavy atom. The number of hydrogen-bond acceptors (Lipinski definition) is 6. The lowest BCUT2D eigenvalue weighted by molar-refractivity contribution is -0.464. The second kappa shape index (κ2) is 9.01. The number of nitrogens with zero attached hydrogens (tertiary/aromatic N) is 3. The number of nitro groups is 1. The first kappa shape index (κ1) is 17.9. The summed E-state index contributed by atoms with van der Waals surface area (Å²) < 4.78 is 0. The number of rotatable bonds is 9. The quantitative estimate of drug-likeness (QED) is 0.247. The second-order valence-corrected chi connectivity index (χ2v) is 7.17. The Bertz CT molecular complexity index is 476. The highest BCUT2D eigenvalue weighted by Crippen LogP contribution is 2.20. The molecule has 6 nitrogen and oxygen atoms in total. The summed E-state index contributed by atoms with van der Waals surface area (Å²) in [6, 6.07) is 2.23. The summed E-state index contributed by atoms with van der Waals surface area (Å²) in [7, 11) is 5.85. The van der Waals surface area contributed by atoms with Crippen LogP contribution in [0.5, 0.6) is 0 Å². The van der Waals surface area contributed by atoms with Crippen molar-refractivity contribution in [2.24, 2.45) is 0 Å². The van der Waals surface area contributed by atoms with E-state index in [1.165, 1.54) is 10.4 Å². The molecule has 0 atom stereocenters. The molecule has 1 aromatic heterocycles. The molecule has 1 aromatic rings. The first-order chi connectivity index (χ1) is 9.88. The molecule has 0 aliphatic heterocycles. The van der Waals surface area contributed by atoms with Crippen LogP contribution in [0.25, 0.3) is 0 Å². The zero-order valence-electron chi connectivity index (χ0n) is 12.7. The highest BCUT2D eigenvalue weighted by atomic mass is 32.2. The van der Waals surface area contributed by atoms with Crippen molar-refractivity contribution in [3.8, 4) is 0 Å². The van der Waals surface area contributed by atoms with Crippen LogP contribution < -0.4 is 0 Å². The van der Waals surface area contributed by atoms with E-state index < -0.39 is 11.5 Å². The van der Waals surface area contributed by atoms with Crippen LogP contribution in [0.4, 0.5) is 0 Å². The van der Waals surface area contributed by atoms with Crippen molar-refractivity contribution < 1.29 is 4.92 Å². The van der Waals surface area contributed by atoms with Crippen molar-refractivity contribution >= 4 is 28.9 Å². The van der Waals surface area contributed by atoms with E-state index in [0.29, 0.717) is 6.54 Å². The van der Waals surface area contributed by atoms with Gasteiger partial charge in [-0.05, 0) is 31.1 Å². The minimum Gasteiger partial charge on any atom is -0.357 e. The summed E-state index contributed by atoms with van der Waals surface area (Å²) >= 11 is 3.57. The molecule has 0 spiro atoms. The van der Waals surface area contributed by atoms with Crippen LogP contribution in [-0.4, -0.2) is 60.5 Å². The van der Waals surface area contributed by atoms with Crippen molar-refractivity contribution in [3.05, 3.63) is 32.0 Å². The second-order valence-electron chi connectivity index (χ2n) is 5.07. The molecule has 0 bridgehead atoms. The number of hydrogen-bond donors (Lipinski definition) is 1. The predicted molar refractivity (Wildman–Crippen MR) is 90.1 cm³/mol. The monoisotopic (exact) mass is 330 g/mol. The standard InChI is InChI=1S/C13H22N4O2S2/c1-15(2)7-12-6-11(10-21-12)9-20-5-4-16(3)13(14)8-17(18)19/h6,10,14H,4-5,7-9H2,1-3H3. The molecule has 8 heteroatoms. The lowest BCUT2D eigenvalue weighted by Crippen LogP contribution is -2.33. The van der Waals surface area contributed by atoms with E-state index in [4.69, 9.17) is 5.41 Å². The maximum atomic E-state index is 10.3. The average Bonchev–Trinajstić information content (AvgIpc) is 2.80. The van der Waals surface area contributed by atoms with Gasteiger partial charge >= 0.3 is 0 Å². The van der Waals surface area contributed by atoms with Crippen molar-refractivity contribution in [2.45, 2.75) is 12.3 Å². The van der Waals surface area contributed by atoms with E-state index in [-0.39, 0.29) is 5.84 Å². The molecule has 0 saturated heterocycles. The molecule has 0 radical (unpaired) electrons. The van der Waals surface area contributed by atoms with Gasteiger partial charge in [-0.1, -0.05) is 0 Å². The van der Waals surface area contributed by atoms with Gasteiger partial charge in [-0.2, -0.15) is 11.8 Å². The number of nitrogens with one attached hydrogen (secondary N) is 1. The maximum absolute atomic E-state index is 10.3. The summed E-state index contributed by atoms with van der Waals surface area (Å²) in [5.74, 6) is 1.86. The summed E-state index contributed by atoms with van der Waals surface area (Å²) in [4.78, 5) is 15.0. The Kier molecular flexibility index (Phi) is 7.69. The van der Waals surface area contributed by atoms with Crippen molar-refractivity contribution in [1.82, 2.24) is 9.80 Å². The first-order valence-corrected chi connectivity index (χ1v) is 8.61. The third-order valence-corrected chi connectivity index (χ3v) is 4.74. The average molecular weight is 330 g/mol. The Morgan fingerprint density at radius 3 is 2.81 bits per heavy atom. The molecule has 0 amide bonds. The van der Waals surface area contributed by atoms with E-state index in [1.807, 2.05) is 0 Å². The normalized spacial score (nSPS) is 10.9. The van der Waals surface area contributed by atoms with Gasteiger partial charge in [-0.3, -0.25) is 15.5 Å². The lowest BCUT2D eigenvalue weighted by Gasteiger charge is -2.16. The highest BCUT2D eigenvalue weighted by Gasteiger charge is 2.10. The molecule has 21 heavy (non-hydrogen) atoms. The van der Waals surface area contributed by atoms with Crippen molar-refractivity contribution in [2.75, 3.05) is 40.0 Å². The number of thiophene rings is 1. The van der Waals surface area contributed by atoms with Crippen LogP contribution in [-0.2, 0) is 12.3 Å². The van der Waals surface area contributed by atoms with Gasteiger partial charge in [0.1, 0.15) is 0 Å². The molecular weight excluding hydrogens is 308 g/mol. The number of thioether (sulfide) groups is 1. The molecule has 1 heterocycles. The largest absolute Gasteiger partial charge is 0.357 e. The van der Waals surface area contributed by atoms with Gasteiger partial charge in [-0.15, -0.1) is 11.3 Å². The van der Waals surface area contributed by atoms with E-state index >= 15 is 0 Å². The van der Waals surface area contributed by atoms with Gasteiger partial charge in [0.25, 0.3) is 6.54 Å². The number of likely N-dealkylation sites (N-methyl/N-ethyl adjacent to an activating group) is 1. The molecule has 0 saturated carbocycles. The van der Waals surface area contributed by atoms with Gasteiger partial charge in [0.05, 0.1) is 0 Å². The SMILES string of the molecule is CN(C)Cc1cc(CSCCN(C)C(=N)C[N+](=O)[O-])cs1. The van der Waals surface area contributed by atoms with Crippen molar-refractivity contribution in [1.29, 1.82) is 5.41 Å². The molecule has 0 aliphatic carbocycles. The van der Waals surface area contributed by atoms with E-state index in [1.54, 1.807) is 35.0 Å². The van der Waals surface area contributed by atoms with E-state index in [0.717, 1.165) is 18.1 Å².